The largest absolute Gasteiger partial charge is 0.347 e. The third kappa shape index (κ3) is 1.80. The van der Waals surface area contributed by atoms with Crippen LogP contribution in [0.1, 0.15) is 0 Å². The van der Waals surface area contributed by atoms with E-state index in [9.17, 15) is 24.0 Å². The van der Waals surface area contributed by atoms with Gasteiger partial charge < -0.3 is 4.90 Å². The van der Waals surface area contributed by atoms with Gasteiger partial charge in [-0.25, -0.2) is 0 Å². The van der Waals surface area contributed by atoms with E-state index < -0.39 is 28.1 Å². The molecule has 22 heavy (non-hydrogen) atoms. The van der Waals surface area contributed by atoms with Crippen LogP contribution in [-0.4, -0.2) is 34.5 Å². The highest BCUT2D eigenvalue weighted by Gasteiger charge is 2.18. The van der Waals surface area contributed by atoms with Crippen LogP contribution in [0.25, 0.3) is 21.5 Å². The maximum absolute atomic E-state index is 12.3. The van der Waals surface area contributed by atoms with Gasteiger partial charge in [0.1, 0.15) is 6.54 Å². The molecule has 1 amide bonds. The molecule has 0 spiro atoms. The first kappa shape index (κ1) is 13.9. The predicted octanol–water partition coefficient (Wildman–Crippen LogP) is -1.47. The molecule has 0 aliphatic carbocycles. The summed E-state index contributed by atoms with van der Waals surface area (Å²) >= 11 is 0. The van der Waals surface area contributed by atoms with Gasteiger partial charge in [0.25, 0.3) is 22.2 Å². The number of benzene rings is 1. The van der Waals surface area contributed by atoms with Crippen molar-refractivity contribution in [3.8, 4) is 0 Å². The Labute approximate surface area is 121 Å². The quantitative estimate of drug-likeness (QED) is 0.621. The zero-order valence-electron chi connectivity index (χ0n) is 11.8. The van der Waals surface area contributed by atoms with Crippen LogP contribution in [0.3, 0.4) is 0 Å². The van der Waals surface area contributed by atoms with Crippen LogP contribution in [0.5, 0.6) is 0 Å². The van der Waals surface area contributed by atoms with Crippen molar-refractivity contribution in [3.63, 3.8) is 0 Å². The van der Waals surface area contributed by atoms with Crippen LogP contribution in [0.4, 0.5) is 0 Å². The SMILES string of the molecule is CN(C)C(=O)Cn1c(=O)c2cc3c(=O)[nH]c(=O)c3cc2c1=O. The first-order valence-corrected chi connectivity index (χ1v) is 6.41. The van der Waals surface area contributed by atoms with Gasteiger partial charge in [0, 0.05) is 14.1 Å². The zero-order valence-corrected chi connectivity index (χ0v) is 11.8. The van der Waals surface area contributed by atoms with Crippen LogP contribution < -0.4 is 22.2 Å². The van der Waals surface area contributed by atoms with Crippen molar-refractivity contribution in [1.82, 2.24) is 14.5 Å². The Morgan fingerprint density at radius 2 is 1.41 bits per heavy atom. The molecule has 3 aromatic rings. The first-order valence-electron chi connectivity index (χ1n) is 6.41. The third-order valence-corrected chi connectivity index (χ3v) is 3.62. The summed E-state index contributed by atoms with van der Waals surface area (Å²) in [7, 11) is 3.02. The number of fused-ring (bicyclic) bond motifs is 2. The molecular weight excluding hydrogens is 290 g/mol. The van der Waals surface area contributed by atoms with E-state index in [0.29, 0.717) is 0 Å². The molecule has 8 nitrogen and oxygen atoms in total. The molecule has 1 aromatic carbocycles. The van der Waals surface area contributed by atoms with Gasteiger partial charge in [0.05, 0.1) is 21.5 Å². The average Bonchev–Trinajstić information content (AvgIpc) is 2.87. The minimum Gasteiger partial charge on any atom is -0.347 e. The molecule has 0 saturated heterocycles. The van der Waals surface area contributed by atoms with Crippen molar-refractivity contribution in [2.24, 2.45) is 0 Å². The molecule has 3 rings (SSSR count). The van der Waals surface area contributed by atoms with Gasteiger partial charge in [-0.1, -0.05) is 0 Å². The second-order valence-electron chi connectivity index (χ2n) is 5.21. The summed E-state index contributed by atoms with van der Waals surface area (Å²) in [6, 6.07) is 2.45. The number of rotatable bonds is 2. The Kier molecular flexibility index (Phi) is 2.84. The maximum atomic E-state index is 12.3. The van der Waals surface area contributed by atoms with E-state index in [-0.39, 0.29) is 28.1 Å². The van der Waals surface area contributed by atoms with Gasteiger partial charge in [-0.2, -0.15) is 0 Å². The van der Waals surface area contributed by atoms with Crippen molar-refractivity contribution < 1.29 is 4.79 Å². The van der Waals surface area contributed by atoms with E-state index in [1.807, 2.05) is 0 Å². The summed E-state index contributed by atoms with van der Waals surface area (Å²) in [5.74, 6) is -0.407. The molecule has 2 heterocycles. The van der Waals surface area contributed by atoms with Crippen LogP contribution in [0, 0.1) is 0 Å². The molecule has 0 aliphatic rings. The molecule has 0 saturated carbocycles. The lowest BCUT2D eigenvalue weighted by molar-refractivity contribution is -0.129. The van der Waals surface area contributed by atoms with Crippen molar-refractivity contribution in [2.75, 3.05) is 14.1 Å². The molecule has 0 fully saturated rings. The number of likely N-dealkylation sites (N-methyl/N-ethyl adjacent to an activating group) is 1. The Morgan fingerprint density at radius 3 is 1.82 bits per heavy atom. The van der Waals surface area contributed by atoms with Gasteiger partial charge in [0.15, 0.2) is 0 Å². The third-order valence-electron chi connectivity index (χ3n) is 3.62. The van der Waals surface area contributed by atoms with E-state index in [1.54, 1.807) is 0 Å². The molecule has 2 aromatic heterocycles. The number of aromatic amines is 1. The smallest absolute Gasteiger partial charge is 0.262 e. The maximum Gasteiger partial charge on any atom is 0.262 e. The fourth-order valence-electron chi connectivity index (χ4n) is 2.37. The molecule has 0 bridgehead atoms. The van der Waals surface area contributed by atoms with Gasteiger partial charge in [0.2, 0.25) is 5.91 Å². The highest BCUT2D eigenvalue weighted by Crippen LogP contribution is 2.13. The number of nitrogens with one attached hydrogen (secondary N) is 1. The Balaban J connectivity index is 2.36. The lowest BCUT2D eigenvalue weighted by Crippen LogP contribution is -2.34. The number of H-pyrrole nitrogens is 1. The number of amides is 1. The van der Waals surface area contributed by atoms with Crippen LogP contribution >= 0.6 is 0 Å². The van der Waals surface area contributed by atoms with E-state index in [4.69, 9.17) is 0 Å². The average molecular weight is 301 g/mol. The Bertz CT molecular complexity index is 1050. The molecule has 0 unspecified atom stereocenters. The summed E-state index contributed by atoms with van der Waals surface area (Å²) < 4.78 is 0.810. The lowest BCUT2D eigenvalue weighted by Gasteiger charge is -2.09. The Hall–Kier alpha value is -3.03. The molecule has 0 aliphatic heterocycles. The number of carbonyl (C=O) groups excluding carboxylic acids is 1. The summed E-state index contributed by atoms with van der Waals surface area (Å²) in [5, 5.41) is 0.177. The fraction of sp³-hybridized carbons (Fsp3) is 0.214. The summed E-state index contributed by atoms with van der Waals surface area (Å²) in [4.78, 5) is 62.8. The molecule has 1 N–H and O–H groups in total. The van der Waals surface area contributed by atoms with E-state index in [0.717, 1.165) is 4.57 Å². The van der Waals surface area contributed by atoms with Crippen molar-refractivity contribution in [2.45, 2.75) is 6.54 Å². The number of hydrogen-bond donors (Lipinski definition) is 1. The normalized spacial score (nSPS) is 11.4. The number of aromatic nitrogens is 2. The van der Waals surface area contributed by atoms with Crippen LogP contribution in [0.15, 0.2) is 31.3 Å². The fourth-order valence-corrected chi connectivity index (χ4v) is 2.37. The van der Waals surface area contributed by atoms with Gasteiger partial charge >= 0.3 is 0 Å². The summed E-state index contributed by atoms with van der Waals surface area (Å²) in [5.41, 5.74) is -2.51. The van der Waals surface area contributed by atoms with E-state index in [1.165, 1.54) is 31.1 Å². The van der Waals surface area contributed by atoms with Crippen LogP contribution in [-0.2, 0) is 11.3 Å². The summed E-state index contributed by atoms with van der Waals surface area (Å²) in [6.07, 6.45) is 0. The minimum atomic E-state index is -0.648. The molecule has 0 radical (unpaired) electrons. The zero-order chi connectivity index (χ0) is 16.2. The van der Waals surface area contributed by atoms with Crippen molar-refractivity contribution >= 4 is 27.5 Å². The lowest BCUT2D eigenvalue weighted by atomic mass is 10.1. The van der Waals surface area contributed by atoms with Gasteiger partial charge in [-0.05, 0) is 12.1 Å². The number of carbonyl (C=O) groups is 1. The van der Waals surface area contributed by atoms with Gasteiger partial charge in [-0.15, -0.1) is 0 Å². The highest BCUT2D eigenvalue weighted by molar-refractivity contribution is 5.97. The second kappa shape index (κ2) is 4.48. The second-order valence-corrected chi connectivity index (χ2v) is 5.21. The summed E-state index contributed by atoms with van der Waals surface area (Å²) in [6.45, 7) is -0.385. The van der Waals surface area contributed by atoms with Crippen molar-refractivity contribution in [1.29, 1.82) is 0 Å². The monoisotopic (exact) mass is 301 g/mol. The standard InChI is InChI=1S/C14H11N3O5/c1-16(2)10(18)5-17-13(21)8-3-6-7(4-9(8)14(17)22)12(20)15-11(6)19/h3-4H,5H2,1-2H3,(H,15,19,20). The first-order chi connectivity index (χ1) is 10.3. The molecular formula is C14H11N3O5. The number of hydrogen-bond acceptors (Lipinski definition) is 5. The van der Waals surface area contributed by atoms with Crippen molar-refractivity contribution in [3.05, 3.63) is 53.5 Å². The van der Waals surface area contributed by atoms with E-state index in [2.05, 4.69) is 4.98 Å². The number of nitrogens with zero attached hydrogens (tertiary/aromatic N) is 2. The molecule has 8 heteroatoms. The predicted molar refractivity (Wildman–Crippen MR) is 79.9 cm³/mol. The Morgan fingerprint density at radius 1 is 0.955 bits per heavy atom. The molecule has 112 valence electrons. The molecule has 0 atom stereocenters. The minimum absolute atomic E-state index is 0.0279. The highest BCUT2D eigenvalue weighted by atomic mass is 16.2. The van der Waals surface area contributed by atoms with Crippen LogP contribution in [0.2, 0.25) is 0 Å². The topological polar surface area (TPSA) is 109 Å². The van der Waals surface area contributed by atoms with E-state index >= 15 is 0 Å². The van der Waals surface area contributed by atoms with Gasteiger partial charge in [-0.3, -0.25) is 33.5 Å².